The molecule has 1 aliphatic rings. The van der Waals surface area contributed by atoms with Gasteiger partial charge in [0, 0.05) is 25.4 Å². The molecule has 0 amide bonds. The summed E-state index contributed by atoms with van der Waals surface area (Å²) in [5.41, 5.74) is 1.89. The van der Waals surface area contributed by atoms with E-state index in [2.05, 4.69) is 15.4 Å². The van der Waals surface area contributed by atoms with Crippen LogP contribution in [0.4, 0.5) is 14.5 Å². The van der Waals surface area contributed by atoms with Crippen molar-refractivity contribution < 1.29 is 18.3 Å². The number of aryl methyl sites for hydroxylation is 1. The van der Waals surface area contributed by atoms with Crippen molar-refractivity contribution in [2.45, 2.75) is 18.6 Å². The van der Waals surface area contributed by atoms with Crippen molar-refractivity contribution >= 4 is 11.5 Å². The van der Waals surface area contributed by atoms with Gasteiger partial charge in [-0.1, -0.05) is 12.1 Å². The number of ketones is 1. The lowest BCUT2D eigenvalue weighted by Crippen LogP contribution is -2.34. The van der Waals surface area contributed by atoms with E-state index < -0.39 is 17.8 Å². The number of halogens is 2. The molecule has 0 saturated carbocycles. The molecule has 2 atom stereocenters. The van der Waals surface area contributed by atoms with Gasteiger partial charge in [0.25, 0.3) is 0 Å². The molecule has 1 aromatic heterocycles. The fraction of sp³-hybridized carbons (Fsp3) is 0.250. The first-order valence-corrected chi connectivity index (χ1v) is 8.71. The van der Waals surface area contributed by atoms with Gasteiger partial charge in [-0.15, -0.1) is 0 Å². The van der Waals surface area contributed by atoms with E-state index in [1.165, 1.54) is 42.4 Å². The lowest BCUT2D eigenvalue weighted by atomic mass is 9.80. The van der Waals surface area contributed by atoms with Gasteiger partial charge in [-0.05, 0) is 35.4 Å². The van der Waals surface area contributed by atoms with E-state index in [-0.39, 0.29) is 18.2 Å². The van der Waals surface area contributed by atoms with E-state index in [1.54, 1.807) is 19.2 Å². The van der Waals surface area contributed by atoms with Crippen LogP contribution in [0.3, 0.4) is 0 Å². The number of anilines is 1. The van der Waals surface area contributed by atoms with Crippen LogP contribution < -0.4 is 5.32 Å². The number of methoxy groups -OCH3 is 1. The van der Waals surface area contributed by atoms with E-state index in [0.29, 0.717) is 28.2 Å². The Kier molecular flexibility index (Phi) is 4.64. The Balaban J connectivity index is 1.90. The molecule has 2 unspecified atom stereocenters. The summed E-state index contributed by atoms with van der Waals surface area (Å²) < 4.78 is 34.2. The van der Waals surface area contributed by atoms with Gasteiger partial charge in [-0.25, -0.2) is 13.8 Å². The maximum Gasteiger partial charge on any atom is 0.178 e. The van der Waals surface area contributed by atoms with E-state index in [1.807, 2.05) is 0 Å². The van der Waals surface area contributed by atoms with Crippen LogP contribution in [0.1, 0.15) is 39.3 Å². The Hall–Kier alpha value is -3.13. The zero-order chi connectivity index (χ0) is 19.8. The highest BCUT2D eigenvalue weighted by Crippen LogP contribution is 2.43. The highest BCUT2D eigenvalue weighted by molar-refractivity contribution is 6.08. The van der Waals surface area contributed by atoms with Gasteiger partial charge in [0.1, 0.15) is 29.7 Å². The number of nitrogens with zero attached hydrogens (tertiary/aromatic N) is 3. The van der Waals surface area contributed by atoms with Gasteiger partial charge >= 0.3 is 0 Å². The summed E-state index contributed by atoms with van der Waals surface area (Å²) in [5, 5.41) is 7.33. The second-order valence-corrected chi connectivity index (χ2v) is 6.68. The number of ether oxygens (including phenoxy) is 1. The molecule has 2 heterocycles. The van der Waals surface area contributed by atoms with Gasteiger partial charge in [0.2, 0.25) is 0 Å². The first-order chi connectivity index (χ1) is 13.5. The molecule has 3 aromatic rings. The largest absolute Gasteiger partial charge is 0.380 e. The number of carbonyl (C=O) groups is 1. The maximum absolute atomic E-state index is 14.1. The fourth-order valence-electron chi connectivity index (χ4n) is 3.69. The topological polar surface area (TPSA) is 69.0 Å². The summed E-state index contributed by atoms with van der Waals surface area (Å²) in [6.45, 7) is 0.0975. The second kappa shape index (κ2) is 7.12. The van der Waals surface area contributed by atoms with Gasteiger partial charge in [-0.2, -0.15) is 5.10 Å². The quantitative estimate of drug-likeness (QED) is 0.747. The van der Waals surface area contributed by atoms with Crippen LogP contribution >= 0.6 is 0 Å². The molecular weight excluding hydrogens is 366 g/mol. The number of hydrogen-bond donors (Lipinski definition) is 1. The lowest BCUT2D eigenvalue weighted by molar-refractivity contribution is 0.0933. The Labute approximate surface area is 160 Å². The molecule has 0 radical (unpaired) electrons. The number of nitrogens with one attached hydrogen (secondary N) is 1. The second-order valence-electron chi connectivity index (χ2n) is 6.68. The molecule has 0 bridgehead atoms. The molecule has 0 spiro atoms. The van der Waals surface area contributed by atoms with Crippen molar-refractivity contribution in [3.05, 3.63) is 76.9 Å². The van der Waals surface area contributed by atoms with Crippen LogP contribution in [0, 0.1) is 11.6 Å². The maximum atomic E-state index is 14.1. The van der Waals surface area contributed by atoms with Crippen LogP contribution in [0.15, 0.2) is 42.7 Å². The summed E-state index contributed by atoms with van der Waals surface area (Å²) in [6.07, 6.45) is 1.38. The normalized spacial score (nSPS) is 18.6. The number of rotatable bonds is 4. The number of Topliss-reactive ketones (excluding diaryl/α,β-unsaturated/α-hetero) is 1. The molecule has 0 aliphatic carbocycles. The predicted octanol–water partition coefficient (Wildman–Crippen LogP) is 3.37. The third-order valence-corrected chi connectivity index (χ3v) is 4.91. The van der Waals surface area contributed by atoms with Gasteiger partial charge in [0.05, 0.1) is 12.6 Å². The zero-order valence-corrected chi connectivity index (χ0v) is 15.3. The van der Waals surface area contributed by atoms with Crippen LogP contribution in [-0.4, -0.2) is 27.7 Å². The van der Waals surface area contributed by atoms with Crippen molar-refractivity contribution in [2.75, 3.05) is 12.4 Å². The molecular formula is C20H18F2N4O2. The van der Waals surface area contributed by atoms with Crippen molar-refractivity contribution in [3.63, 3.8) is 0 Å². The summed E-state index contributed by atoms with van der Waals surface area (Å²) in [4.78, 5) is 17.8. The van der Waals surface area contributed by atoms with E-state index >= 15 is 0 Å². The average Bonchev–Trinajstić information content (AvgIpc) is 3.07. The van der Waals surface area contributed by atoms with E-state index in [4.69, 9.17) is 4.74 Å². The van der Waals surface area contributed by atoms with Crippen molar-refractivity contribution in [3.8, 4) is 0 Å². The molecule has 2 aromatic carbocycles. The molecule has 1 N–H and O–H groups in total. The first kappa shape index (κ1) is 18.2. The average molecular weight is 384 g/mol. The SMILES string of the molecule is COCc1cc(F)cc2c1C(=O)C(c1ncnn1C)C(c1ccc(F)cc1)N2. The molecule has 28 heavy (non-hydrogen) atoms. The number of fused-ring (bicyclic) bond motifs is 1. The lowest BCUT2D eigenvalue weighted by Gasteiger charge is -2.34. The highest BCUT2D eigenvalue weighted by Gasteiger charge is 2.41. The Morgan fingerprint density at radius 2 is 1.93 bits per heavy atom. The standard InChI is InChI=1S/C20H18F2N4O2/c1-26-20(23-10-24-26)17-18(11-3-5-13(21)6-4-11)25-15-8-14(22)7-12(9-28-2)16(15)19(17)27/h3-8,10,17-18,25H,9H2,1-2H3. The number of carbonyl (C=O) groups excluding carboxylic acids is 1. The monoisotopic (exact) mass is 384 g/mol. The number of benzene rings is 2. The molecule has 8 heteroatoms. The highest BCUT2D eigenvalue weighted by atomic mass is 19.1. The smallest absolute Gasteiger partial charge is 0.178 e. The Morgan fingerprint density at radius 1 is 1.18 bits per heavy atom. The number of hydrogen-bond acceptors (Lipinski definition) is 5. The van der Waals surface area contributed by atoms with Crippen molar-refractivity contribution in [1.82, 2.24) is 14.8 Å². The summed E-state index contributed by atoms with van der Waals surface area (Å²) in [5.74, 6) is -1.32. The van der Waals surface area contributed by atoms with Crippen molar-refractivity contribution in [1.29, 1.82) is 0 Å². The summed E-state index contributed by atoms with van der Waals surface area (Å²) in [7, 11) is 3.19. The van der Waals surface area contributed by atoms with Gasteiger partial charge in [0.15, 0.2) is 5.78 Å². The first-order valence-electron chi connectivity index (χ1n) is 8.71. The van der Waals surface area contributed by atoms with Crippen LogP contribution in [0.5, 0.6) is 0 Å². The van der Waals surface area contributed by atoms with Crippen molar-refractivity contribution in [2.24, 2.45) is 7.05 Å². The van der Waals surface area contributed by atoms with Gasteiger partial charge in [-0.3, -0.25) is 9.48 Å². The van der Waals surface area contributed by atoms with Crippen LogP contribution in [0.2, 0.25) is 0 Å². The molecule has 0 fully saturated rings. The minimum absolute atomic E-state index is 0.0975. The van der Waals surface area contributed by atoms with Gasteiger partial charge < -0.3 is 10.1 Å². The summed E-state index contributed by atoms with van der Waals surface area (Å²) >= 11 is 0. The molecule has 6 nitrogen and oxygen atoms in total. The Morgan fingerprint density at radius 3 is 2.57 bits per heavy atom. The molecule has 1 aliphatic heterocycles. The van der Waals surface area contributed by atoms with Crippen LogP contribution in [-0.2, 0) is 18.4 Å². The summed E-state index contributed by atoms with van der Waals surface area (Å²) in [6, 6.07) is 7.89. The third kappa shape index (κ3) is 3.05. The molecule has 0 saturated heterocycles. The number of aromatic nitrogens is 3. The minimum atomic E-state index is -0.716. The Bertz CT molecular complexity index is 1030. The predicted molar refractivity (Wildman–Crippen MR) is 98.0 cm³/mol. The fourth-order valence-corrected chi connectivity index (χ4v) is 3.69. The van der Waals surface area contributed by atoms with Crippen LogP contribution in [0.25, 0.3) is 0 Å². The molecule has 4 rings (SSSR count). The molecule has 144 valence electrons. The third-order valence-electron chi connectivity index (χ3n) is 4.91. The minimum Gasteiger partial charge on any atom is -0.380 e. The van der Waals surface area contributed by atoms with E-state index in [9.17, 15) is 13.6 Å². The van der Waals surface area contributed by atoms with E-state index in [0.717, 1.165) is 0 Å². The zero-order valence-electron chi connectivity index (χ0n) is 15.3.